The molecule has 0 aliphatic rings. The van der Waals surface area contributed by atoms with Crippen molar-refractivity contribution in [3.63, 3.8) is 0 Å². The number of non-ortho nitro benzene ring substituents is 1. The van der Waals surface area contributed by atoms with Crippen LogP contribution in [0.3, 0.4) is 0 Å². The molecule has 0 aliphatic heterocycles. The number of amides is 1. The Kier molecular flexibility index (Phi) is 4.79. The van der Waals surface area contributed by atoms with Gasteiger partial charge in [0.15, 0.2) is 0 Å². The molecule has 2 atom stereocenters. The third kappa shape index (κ3) is 3.53. The predicted octanol–water partition coefficient (Wildman–Crippen LogP) is 1.38. The van der Waals surface area contributed by atoms with Crippen LogP contribution < -0.4 is 10.6 Å². The van der Waals surface area contributed by atoms with Crippen LogP contribution >= 0.6 is 0 Å². The molecule has 0 aliphatic carbocycles. The number of nitro groups is 1. The second-order valence-electron chi connectivity index (χ2n) is 4.07. The van der Waals surface area contributed by atoms with Crippen LogP contribution in [0.1, 0.15) is 25.5 Å². The average Bonchev–Trinajstić information content (AvgIpc) is 2.37. The van der Waals surface area contributed by atoms with Gasteiger partial charge in [0.1, 0.15) is 0 Å². The molecule has 0 heterocycles. The normalized spacial score (nSPS) is 13.7. The van der Waals surface area contributed by atoms with Gasteiger partial charge in [0.2, 0.25) is 5.91 Å². The molecule has 0 saturated carbocycles. The molecule has 0 bridgehead atoms. The molecule has 0 saturated heterocycles. The van der Waals surface area contributed by atoms with Gasteiger partial charge in [-0.1, -0.05) is 12.1 Å². The summed E-state index contributed by atoms with van der Waals surface area (Å²) in [6.07, 6.45) is 0. The van der Waals surface area contributed by atoms with Gasteiger partial charge in [-0.3, -0.25) is 20.2 Å². The zero-order chi connectivity index (χ0) is 13.7. The molecule has 2 N–H and O–H groups in total. The minimum atomic E-state index is -0.435. The van der Waals surface area contributed by atoms with Crippen molar-refractivity contribution in [1.29, 1.82) is 0 Å². The Hall–Kier alpha value is -1.95. The fourth-order valence-electron chi connectivity index (χ4n) is 1.65. The number of rotatable bonds is 5. The lowest BCUT2D eigenvalue weighted by molar-refractivity contribution is -0.384. The first-order valence-electron chi connectivity index (χ1n) is 5.67. The molecule has 2 unspecified atom stereocenters. The van der Waals surface area contributed by atoms with Gasteiger partial charge in [-0.15, -0.1) is 0 Å². The molecule has 6 heteroatoms. The number of hydrogen-bond acceptors (Lipinski definition) is 4. The Balaban J connectivity index is 2.69. The molecule has 0 aromatic heterocycles. The number of nitrogens with zero attached hydrogens (tertiary/aromatic N) is 1. The summed E-state index contributed by atoms with van der Waals surface area (Å²) < 4.78 is 0. The summed E-state index contributed by atoms with van der Waals surface area (Å²) in [5.74, 6) is -0.0937. The van der Waals surface area contributed by atoms with Crippen molar-refractivity contribution >= 4 is 11.6 Å². The highest BCUT2D eigenvalue weighted by molar-refractivity contribution is 5.80. The molecule has 1 aromatic carbocycles. The van der Waals surface area contributed by atoms with Crippen LogP contribution in [0.2, 0.25) is 0 Å². The highest BCUT2D eigenvalue weighted by Crippen LogP contribution is 2.17. The van der Waals surface area contributed by atoms with Crippen LogP contribution in [0.15, 0.2) is 24.3 Å². The zero-order valence-electron chi connectivity index (χ0n) is 10.6. The standard InChI is InChI=1S/C12H17N3O3/c1-8(14-9(2)12(16)13-3)10-4-6-11(7-5-10)15(17)18/h4-9,14H,1-3H3,(H,13,16). The van der Waals surface area contributed by atoms with E-state index in [0.29, 0.717) is 0 Å². The minimum absolute atomic E-state index is 0.0573. The van der Waals surface area contributed by atoms with Gasteiger partial charge in [0.25, 0.3) is 5.69 Å². The first-order valence-corrected chi connectivity index (χ1v) is 5.67. The molecular weight excluding hydrogens is 234 g/mol. The number of nitrogens with one attached hydrogen (secondary N) is 2. The summed E-state index contributed by atoms with van der Waals surface area (Å²) in [5.41, 5.74) is 0.960. The summed E-state index contributed by atoms with van der Waals surface area (Å²) in [6.45, 7) is 3.67. The monoisotopic (exact) mass is 251 g/mol. The third-order valence-electron chi connectivity index (χ3n) is 2.74. The topological polar surface area (TPSA) is 84.3 Å². The van der Waals surface area contributed by atoms with E-state index in [9.17, 15) is 14.9 Å². The van der Waals surface area contributed by atoms with Crippen LogP contribution in [0, 0.1) is 10.1 Å². The van der Waals surface area contributed by atoms with Crippen molar-refractivity contribution in [2.45, 2.75) is 25.9 Å². The van der Waals surface area contributed by atoms with Crippen molar-refractivity contribution in [2.75, 3.05) is 7.05 Å². The van der Waals surface area contributed by atoms with Crippen molar-refractivity contribution in [1.82, 2.24) is 10.6 Å². The molecule has 0 spiro atoms. The van der Waals surface area contributed by atoms with Crippen molar-refractivity contribution in [3.8, 4) is 0 Å². The van der Waals surface area contributed by atoms with Gasteiger partial charge in [0.05, 0.1) is 11.0 Å². The maximum Gasteiger partial charge on any atom is 0.269 e. The first-order chi connectivity index (χ1) is 8.45. The lowest BCUT2D eigenvalue weighted by Crippen LogP contribution is -2.41. The fraction of sp³-hybridized carbons (Fsp3) is 0.417. The van der Waals surface area contributed by atoms with Crippen molar-refractivity contribution in [2.24, 2.45) is 0 Å². The van der Waals surface area contributed by atoms with E-state index < -0.39 is 4.92 Å². The quantitative estimate of drug-likeness (QED) is 0.611. The van der Waals surface area contributed by atoms with Crippen molar-refractivity contribution < 1.29 is 9.72 Å². The van der Waals surface area contributed by atoms with Crippen LogP contribution in [0.4, 0.5) is 5.69 Å². The SMILES string of the molecule is CNC(=O)C(C)NC(C)c1ccc([N+](=O)[O-])cc1. The number of carbonyl (C=O) groups excluding carboxylic acids is 1. The van der Waals surface area contributed by atoms with Gasteiger partial charge in [-0.25, -0.2) is 0 Å². The molecule has 18 heavy (non-hydrogen) atoms. The Morgan fingerprint density at radius 2 is 1.83 bits per heavy atom. The largest absolute Gasteiger partial charge is 0.358 e. The highest BCUT2D eigenvalue weighted by atomic mass is 16.6. The van der Waals surface area contributed by atoms with Gasteiger partial charge in [-0.2, -0.15) is 0 Å². The predicted molar refractivity (Wildman–Crippen MR) is 68.2 cm³/mol. The molecule has 0 fully saturated rings. The van der Waals surface area contributed by atoms with E-state index >= 15 is 0 Å². The Bertz CT molecular complexity index is 431. The maximum absolute atomic E-state index is 11.4. The van der Waals surface area contributed by atoms with Crippen LogP contribution in [-0.2, 0) is 4.79 Å². The third-order valence-corrected chi connectivity index (χ3v) is 2.74. The summed E-state index contributed by atoms with van der Waals surface area (Å²) in [5, 5.41) is 16.2. The van der Waals surface area contributed by atoms with E-state index in [2.05, 4.69) is 10.6 Å². The van der Waals surface area contributed by atoms with E-state index in [-0.39, 0.29) is 23.7 Å². The van der Waals surface area contributed by atoms with E-state index in [4.69, 9.17) is 0 Å². The second-order valence-corrected chi connectivity index (χ2v) is 4.07. The van der Waals surface area contributed by atoms with Crippen LogP contribution in [0.5, 0.6) is 0 Å². The van der Waals surface area contributed by atoms with Gasteiger partial charge >= 0.3 is 0 Å². The zero-order valence-corrected chi connectivity index (χ0v) is 10.6. The van der Waals surface area contributed by atoms with E-state index in [1.807, 2.05) is 6.92 Å². The van der Waals surface area contributed by atoms with Gasteiger partial charge in [0, 0.05) is 25.2 Å². The summed E-state index contributed by atoms with van der Waals surface area (Å²) in [4.78, 5) is 21.4. The number of nitro benzene ring substituents is 1. The summed E-state index contributed by atoms with van der Waals surface area (Å²) in [7, 11) is 1.58. The van der Waals surface area contributed by atoms with Crippen LogP contribution in [-0.4, -0.2) is 23.9 Å². The number of likely N-dealkylation sites (N-methyl/N-ethyl adjacent to an activating group) is 1. The van der Waals surface area contributed by atoms with Gasteiger partial charge in [-0.05, 0) is 19.4 Å². The maximum atomic E-state index is 11.4. The molecule has 98 valence electrons. The molecule has 6 nitrogen and oxygen atoms in total. The van der Waals surface area contributed by atoms with Crippen molar-refractivity contribution in [3.05, 3.63) is 39.9 Å². The van der Waals surface area contributed by atoms with E-state index in [1.165, 1.54) is 12.1 Å². The molecule has 1 rings (SSSR count). The van der Waals surface area contributed by atoms with E-state index in [0.717, 1.165) is 5.56 Å². The minimum Gasteiger partial charge on any atom is -0.358 e. The number of hydrogen-bond donors (Lipinski definition) is 2. The fourth-order valence-corrected chi connectivity index (χ4v) is 1.65. The highest BCUT2D eigenvalue weighted by Gasteiger charge is 2.15. The molecular formula is C12H17N3O3. The number of benzene rings is 1. The Morgan fingerprint density at radius 1 is 1.28 bits per heavy atom. The molecule has 0 radical (unpaired) electrons. The summed E-state index contributed by atoms with van der Waals surface area (Å²) in [6, 6.07) is 5.91. The lowest BCUT2D eigenvalue weighted by atomic mass is 10.1. The van der Waals surface area contributed by atoms with Gasteiger partial charge < -0.3 is 5.32 Å². The number of carbonyl (C=O) groups is 1. The van der Waals surface area contributed by atoms with Crippen LogP contribution in [0.25, 0.3) is 0 Å². The smallest absolute Gasteiger partial charge is 0.269 e. The average molecular weight is 251 g/mol. The Labute approximate surface area is 106 Å². The van der Waals surface area contributed by atoms with E-state index in [1.54, 1.807) is 26.1 Å². The second kappa shape index (κ2) is 6.11. The Morgan fingerprint density at radius 3 is 2.28 bits per heavy atom. The summed E-state index contributed by atoms with van der Waals surface area (Å²) >= 11 is 0. The molecule has 1 amide bonds. The molecule has 1 aromatic rings. The first kappa shape index (κ1) is 14.1. The lowest BCUT2D eigenvalue weighted by Gasteiger charge is -2.19.